The maximum atomic E-state index is 11.5. The summed E-state index contributed by atoms with van der Waals surface area (Å²) in [6, 6.07) is 3.78. The van der Waals surface area contributed by atoms with Crippen molar-refractivity contribution in [2.75, 3.05) is 30.4 Å². The molecule has 0 radical (unpaired) electrons. The van der Waals surface area contributed by atoms with E-state index in [-0.39, 0.29) is 12.5 Å². The number of carbonyl (C=O) groups is 1. The van der Waals surface area contributed by atoms with Gasteiger partial charge in [0.2, 0.25) is 5.91 Å². The third kappa shape index (κ3) is 7.58. The summed E-state index contributed by atoms with van der Waals surface area (Å²) in [5, 5.41) is 11.5. The lowest BCUT2D eigenvalue weighted by Gasteiger charge is -2.04. The minimum Gasteiger partial charge on any atom is -0.396 e. The van der Waals surface area contributed by atoms with Gasteiger partial charge in [-0.15, -0.1) is 11.8 Å². The van der Waals surface area contributed by atoms with E-state index in [4.69, 9.17) is 5.11 Å². The number of aliphatic hydroxyl groups excluding tert-OH is 1. The van der Waals surface area contributed by atoms with E-state index in [1.54, 1.807) is 24.2 Å². The standard InChI is InChI=1S/C12H18N2O2S2/c15-7-1-8-17-9-6-14-12(16)10-18-11-2-4-13-5-3-11/h2-5,15H,1,6-10H2,(H,14,16). The Balaban J connectivity index is 2.01. The lowest BCUT2D eigenvalue weighted by molar-refractivity contribution is -0.118. The monoisotopic (exact) mass is 286 g/mol. The van der Waals surface area contributed by atoms with Crippen molar-refractivity contribution in [1.82, 2.24) is 10.3 Å². The number of thioether (sulfide) groups is 2. The van der Waals surface area contributed by atoms with E-state index < -0.39 is 0 Å². The molecule has 0 bridgehead atoms. The van der Waals surface area contributed by atoms with E-state index >= 15 is 0 Å². The Labute approximate surface area is 116 Å². The molecule has 0 saturated heterocycles. The van der Waals surface area contributed by atoms with Gasteiger partial charge in [0.1, 0.15) is 0 Å². The first-order chi connectivity index (χ1) is 8.83. The quantitative estimate of drug-likeness (QED) is 0.531. The van der Waals surface area contributed by atoms with Crippen LogP contribution in [0.15, 0.2) is 29.4 Å². The van der Waals surface area contributed by atoms with Crippen molar-refractivity contribution in [3.05, 3.63) is 24.5 Å². The van der Waals surface area contributed by atoms with Crippen LogP contribution in [-0.2, 0) is 4.79 Å². The van der Waals surface area contributed by atoms with Crippen LogP contribution >= 0.6 is 23.5 Å². The number of aromatic nitrogens is 1. The molecule has 1 amide bonds. The van der Waals surface area contributed by atoms with Crippen molar-refractivity contribution in [2.24, 2.45) is 0 Å². The highest BCUT2D eigenvalue weighted by Crippen LogP contribution is 2.15. The molecule has 6 heteroatoms. The molecule has 0 spiro atoms. The number of nitrogens with zero attached hydrogens (tertiary/aromatic N) is 1. The van der Waals surface area contributed by atoms with Gasteiger partial charge in [-0.25, -0.2) is 0 Å². The van der Waals surface area contributed by atoms with Gasteiger partial charge >= 0.3 is 0 Å². The van der Waals surface area contributed by atoms with Gasteiger partial charge < -0.3 is 10.4 Å². The van der Waals surface area contributed by atoms with E-state index in [0.29, 0.717) is 12.3 Å². The van der Waals surface area contributed by atoms with Crippen LogP contribution in [-0.4, -0.2) is 46.4 Å². The van der Waals surface area contributed by atoms with Crippen molar-refractivity contribution in [3.8, 4) is 0 Å². The topological polar surface area (TPSA) is 62.2 Å². The lowest BCUT2D eigenvalue weighted by atomic mass is 10.5. The Morgan fingerprint density at radius 1 is 1.33 bits per heavy atom. The predicted octanol–water partition coefficient (Wildman–Crippen LogP) is 1.41. The highest BCUT2D eigenvalue weighted by Gasteiger charge is 2.01. The first-order valence-corrected chi connectivity index (χ1v) is 7.95. The molecule has 0 atom stereocenters. The second kappa shape index (κ2) is 10.2. The van der Waals surface area contributed by atoms with Gasteiger partial charge in [-0.3, -0.25) is 9.78 Å². The summed E-state index contributed by atoms with van der Waals surface area (Å²) in [5.74, 6) is 2.33. The van der Waals surface area contributed by atoms with Crippen LogP contribution in [0.3, 0.4) is 0 Å². The summed E-state index contributed by atoms with van der Waals surface area (Å²) in [6.07, 6.45) is 4.26. The van der Waals surface area contributed by atoms with Gasteiger partial charge in [-0.1, -0.05) is 0 Å². The smallest absolute Gasteiger partial charge is 0.230 e. The Bertz CT molecular complexity index is 336. The summed E-state index contributed by atoms with van der Waals surface area (Å²) in [7, 11) is 0. The van der Waals surface area contributed by atoms with Crippen LogP contribution in [0.4, 0.5) is 0 Å². The molecule has 1 aromatic rings. The fourth-order valence-corrected chi connectivity index (χ4v) is 2.66. The number of aliphatic hydroxyl groups is 1. The first kappa shape index (κ1) is 15.3. The summed E-state index contributed by atoms with van der Waals surface area (Å²) in [4.78, 5) is 16.5. The van der Waals surface area contributed by atoms with Gasteiger partial charge in [0.25, 0.3) is 0 Å². The highest BCUT2D eigenvalue weighted by molar-refractivity contribution is 8.00. The largest absolute Gasteiger partial charge is 0.396 e. The van der Waals surface area contributed by atoms with Gasteiger partial charge in [-0.2, -0.15) is 11.8 Å². The van der Waals surface area contributed by atoms with Crippen LogP contribution in [0.2, 0.25) is 0 Å². The average Bonchev–Trinajstić information content (AvgIpc) is 2.41. The second-order valence-electron chi connectivity index (χ2n) is 3.51. The molecule has 2 N–H and O–H groups in total. The van der Waals surface area contributed by atoms with Gasteiger partial charge in [0.05, 0.1) is 5.75 Å². The summed E-state index contributed by atoms with van der Waals surface area (Å²) in [6.45, 7) is 0.924. The molecule has 0 aromatic carbocycles. The lowest BCUT2D eigenvalue weighted by Crippen LogP contribution is -2.27. The van der Waals surface area contributed by atoms with Crippen LogP contribution in [0.25, 0.3) is 0 Å². The SMILES string of the molecule is O=C(CSc1ccncc1)NCCSCCCO. The van der Waals surface area contributed by atoms with Gasteiger partial charge in [-0.05, 0) is 24.3 Å². The van der Waals surface area contributed by atoms with E-state index in [9.17, 15) is 4.79 Å². The molecule has 100 valence electrons. The minimum absolute atomic E-state index is 0.0552. The minimum atomic E-state index is 0.0552. The summed E-state index contributed by atoms with van der Waals surface area (Å²) in [5.41, 5.74) is 0. The number of hydrogen-bond donors (Lipinski definition) is 2. The number of hydrogen-bond acceptors (Lipinski definition) is 5. The van der Waals surface area contributed by atoms with Crippen LogP contribution in [0.1, 0.15) is 6.42 Å². The maximum absolute atomic E-state index is 11.5. The third-order valence-corrected chi connectivity index (χ3v) is 4.12. The Kier molecular flexibility index (Phi) is 8.71. The predicted molar refractivity (Wildman–Crippen MR) is 77.0 cm³/mol. The summed E-state index contributed by atoms with van der Waals surface area (Å²) >= 11 is 3.25. The second-order valence-corrected chi connectivity index (χ2v) is 5.78. The van der Waals surface area contributed by atoms with Crippen molar-refractivity contribution in [2.45, 2.75) is 11.3 Å². The third-order valence-electron chi connectivity index (χ3n) is 2.04. The van der Waals surface area contributed by atoms with E-state index in [1.165, 1.54) is 11.8 Å². The number of pyridine rings is 1. The molecule has 0 aliphatic carbocycles. The molecule has 1 aromatic heterocycles. The molecular formula is C12H18N2O2S2. The van der Waals surface area contributed by atoms with Crippen molar-refractivity contribution in [3.63, 3.8) is 0 Å². The Hall–Kier alpha value is -0.720. The van der Waals surface area contributed by atoms with Crippen molar-refractivity contribution in [1.29, 1.82) is 0 Å². The first-order valence-electron chi connectivity index (χ1n) is 5.81. The Morgan fingerprint density at radius 2 is 2.11 bits per heavy atom. The average molecular weight is 286 g/mol. The molecule has 0 fully saturated rings. The van der Waals surface area contributed by atoms with Crippen molar-refractivity contribution >= 4 is 29.4 Å². The molecule has 18 heavy (non-hydrogen) atoms. The van der Waals surface area contributed by atoms with Crippen LogP contribution in [0.5, 0.6) is 0 Å². The number of nitrogens with one attached hydrogen (secondary N) is 1. The van der Waals surface area contributed by atoms with Gasteiger partial charge in [0, 0.05) is 36.2 Å². The zero-order chi connectivity index (χ0) is 13.1. The fourth-order valence-electron chi connectivity index (χ4n) is 1.17. The van der Waals surface area contributed by atoms with Crippen LogP contribution in [0, 0.1) is 0 Å². The molecule has 1 rings (SSSR count). The molecule has 0 aliphatic rings. The van der Waals surface area contributed by atoms with E-state index in [2.05, 4.69) is 10.3 Å². The normalized spacial score (nSPS) is 10.3. The van der Waals surface area contributed by atoms with E-state index in [1.807, 2.05) is 12.1 Å². The molecular weight excluding hydrogens is 268 g/mol. The maximum Gasteiger partial charge on any atom is 0.230 e. The molecule has 0 aliphatic heterocycles. The highest BCUT2D eigenvalue weighted by atomic mass is 32.2. The fraction of sp³-hybridized carbons (Fsp3) is 0.500. The van der Waals surface area contributed by atoms with Crippen LogP contribution < -0.4 is 5.32 Å². The molecule has 0 saturated carbocycles. The number of amides is 1. The number of carbonyl (C=O) groups excluding carboxylic acids is 1. The van der Waals surface area contributed by atoms with E-state index in [0.717, 1.165) is 22.8 Å². The zero-order valence-electron chi connectivity index (χ0n) is 10.2. The molecule has 4 nitrogen and oxygen atoms in total. The number of rotatable bonds is 9. The summed E-state index contributed by atoms with van der Waals surface area (Å²) < 4.78 is 0. The molecule has 0 unspecified atom stereocenters. The Morgan fingerprint density at radius 3 is 2.83 bits per heavy atom. The van der Waals surface area contributed by atoms with Crippen molar-refractivity contribution < 1.29 is 9.90 Å². The van der Waals surface area contributed by atoms with Gasteiger partial charge in [0.15, 0.2) is 0 Å². The molecule has 1 heterocycles. The zero-order valence-corrected chi connectivity index (χ0v) is 11.8.